The van der Waals surface area contributed by atoms with Crippen molar-refractivity contribution in [2.45, 2.75) is 50.2 Å². The van der Waals surface area contributed by atoms with E-state index in [1.54, 1.807) is 0 Å². The molecule has 0 aromatic carbocycles. The Bertz CT molecular complexity index is 547. The number of esters is 1. The normalized spacial score (nSPS) is 33.5. The van der Waals surface area contributed by atoms with Crippen molar-refractivity contribution in [3.8, 4) is 0 Å². The van der Waals surface area contributed by atoms with Crippen LogP contribution in [0.15, 0.2) is 17.5 Å². The second kappa shape index (κ2) is 6.19. The Labute approximate surface area is 141 Å². The van der Waals surface area contributed by atoms with Crippen LogP contribution in [0.4, 0.5) is 0 Å². The lowest BCUT2D eigenvalue weighted by molar-refractivity contribution is -0.187. The maximum absolute atomic E-state index is 13.0. The summed E-state index contributed by atoms with van der Waals surface area (Å²) in [6.45, 7) is 3.08. The average molecular weight is 335 g/mol. The fourth-order valence-electron chi connectivity index (χ4n) is 4.58. The topological polar surface area (TPSA) is 49.8 Å². The third-order valence-electron chi connectivity index (χ3n) is 6.01. The molecule has 4 heterocycles. The Hall–Kier alpha value is -0.910. The molecule has 23 heavy (non-hydrogen) atoms. The summed E-state index contributed by atoms with van der Waals surface area (Å²) in [4.78, 5) is 16.1. The number of carbonyl (C=O) groups is 1. The molecule has 1 aromatic rings. The summed E-state index contributed by atoms with van der Waals surface area (Å²) >= 11 is 1.46. The summed E-state index contributed by atoms with van der Waals surface area (Å²) in [6, 6.07) is 3.78. The van der Waals surface area contributed by atoms with E-state index in [0.717, 1.165) is 63.0 Å². The molecule has 1 aromatic heterocycles. The second-order valence-corrected chi connectivity index (χ2v) is 8.25. The zero-order valence-corrected chi connectivity index (χ0v) is 14.3. The monoisotopic (exact) mass is 335 g/mol. The molecule has 5 heteroatoms. The van der Waals surface area contributed by atoms with E-state index in [-0.39, 0.29) is 12.0 Å². The van der Waals surface area contributed by atoms with Crippen molar-refractivity contribution in [3.05, 3.63) is 22.4 Å². The van der Waals surface area contributed by atoms with Crippen molar-refractivity contribution in [1.82, 2.24) is 4.90 Å². The highest BCUT2D eigenvalue weighted by atomic mass is 32.1. The number of hydrogen-bond donors (Lipinski definition) is 1. The van der Waals surface area contributed by atoms with Gasteiger partial charge in [-0.05, 0) is 56.1 Å². The van der Waals surface area contributed by atoms with Gasteiger partial charge < -0.3 is 9.84 Å². The van der Waals surface area contributed by atoms with Crippen LogP contribution >= 0.6 is 11.3 Å². The highest BCUT2D eigenvalue weighted by Gasteiger charge is 2.50. The van der Waals surface area contributed by atoms with Crippen molar-refractivity contribution in [2.24, 2.45) is 11.8 Å². The van der Waals surface area contributed by atoms with E-state index in [2.05, 4.69) is 4.90 Å². The smallest absolute Gasteiger partial charge is 0.344 e. The van der Waals surface area contributed by atoms with Gasteiger partial charge in [-0.2, -0.15) is 0 Å². The maximum Gasteiger partial charge on any atom is 0.344 e. The number of aliphatic hydroxyl groups is 1. The van der Waals surface area contributed by atoms with Gasteiger partial charge in [0.2, 0.25) is 0 Å². The number of piperidine rings is 3. The van der Waals surface area contributed by atoms with Crippen molar-refractivity contribution in [3.63, 3.8) is 0 Å². The quantitative estimate of drug-likeness (QED) is 0.860. The Morgan fingerprint density at radius 3 is 2.57 bits per heavy atom. The molecule has 4 fully saturated rings. The number of thiophene rings is 1. The molecule has 1 aliphatic carbocycles. The Morgan fingerprint density at radius 1 is 1.26 bits per heavy atom. The van der Waals surface area contributed by atoms with Crippen LogP contribution in [-0.4, -0.2) is 41.7 Å². The number of ether oxygens (including phenoxy) is 1. The minimum Gasteiger partial charge on any atom is -0.458 e. The van der Waals surface area contributed by atoms with Gasteiger partial charge in [0.25, 0.3) is 0 Å². The molecule has 0 amide bonds. The number of carbonyl (C=O) groups excluding carboxylic acids is 1. The molecule has 0 spiro atoms. The summed E-state index contributed by atoms with van der Waals surface area (Å²) in [5.74, 6) is 0.0560. The van der Waals surface area contributed by atoms with Gasteiger partial charge in [-0.3, -0.25) is 4.90 Å². The first kappa shape index (κ1) is 15.6. The first-order valence-electron chi connectivity index (χ1n) is 8.87. The molecule has 2 atom stereocenters. The van der Waals surface area contributed by atoms with E-state index in [0.29, 0.717) is 5.92 Å². The second-order valence-electron chi connectivity index (χ2n) is 7.31. The number of hydrogen-bond acceptors (Lipinski definition) is 5. The van der Waals surface area contributed by atoms with Crippen molar-refractivity contribution in [2.75, 3.05) is 19.6 Å². The lowest BCUT2D eigenvalue weighted by Gasteiger charge is -2.45. The van der Waals surface area contributed by atoms with Crippen LogP contribution in [0, 0.1) is 11.8 Å². The fourth-order valence-corrected chi connectivity index (χ4v) is 5.47. The summed E-state index contributed by atoms with van der Waals surface area (Å²) in [5.41, 5.74) is -1.45. The molecule has 126 valence electrons. The van der Waals surface area contributed by atoms with Crippen LogP contribution in [-0.2, 0) is 15.1 Å². The van der Waals surface area contributed by atoms with Gasteiger partial charge in [0.1, 0.15) is 6.10 Å². The molecule has 5 rings (SSSR count). The Balaban J connectivity index is 1.55. The molecule has 0 radical (unpaired) electrons. The third kappa shape index (κ3) is 2.73. The zero-order chi connectivity index (χ0) is 15.9. The van der Waals surface area contributed by atoms with Crippen molar-refractivity contribution in [1.29, 1.82) is 0 Å². The van der Waals surface area contributed by atoms with Gasteiger partial charge in [0, 0.05) is 17.3 Å². The standard InChI is InChI=1S/C18H25NO3S/c20-17(22-15-12-19-9-7-13(15)8-10-19)18(21,14-4-1-2-5-14)16-6-3-11-23-16/h3,6,11,13-15,21H,1-2,4-5,7-10,12H2/t15?,18-/m1/s1. The molecular weight excluding hydrogens is 310 g/mol. The van der Waals surface area contributed by atoms with Crippen molar-refractivity contribution >= 4 is 17.3 Å². The molecule has 4 nitrogen and oxygen atoms in total. The summed E-state index contributed by atoms with van der Waals surface area (Å²) in [7, 11) is 0. The first-order valence-corrected chi connectivity index (χ1v) is 9.75. The Kier molecular flexibility index (Phi) is 4.20. The van der Waals surface area contributed by atoms with Gasteiger partial charge >= 0.3 is 5.97 Å². The van der Waals surface area contributed by atoms with Gasteiger partial charge in [-0.15, -0.1) is 11.3 Å². The van der Waals surface area contributed by atoms with Crippen LogP contribution in [0.2, 0.25) is 0 Å². The summed E-state index contributed by atoms with van der Waals surface area (Å²) in [5, 5.41) is 13.3. The molecular formula is C18H25NO3S. The lowest BCUT2D eigenvalue weighted by Crippen LogP contribution is -2.54. The largest absolute Gasteiger partial charge is 0.458 e. The van der Waals surface area contributed by atoms with Gasteiger partial charge in [0.15, 0.2) is 5.60 Å². The summed E-state index contributed by atoms with van der Waals surface area (Å²) < 4.78 is 5.90. The van der Waals surface area contributed by atoms with Crippen LogP contribution in [0.5, 0.6) is 0 Å². The lowest BCUT2D eigenvalue weighted by atomic mass is 9.83. The molecule has 1 saturated carbocycles. The minimum atomic E-state index is -1.45. The van der Waals surface area contributed by atoms with E-state index in [4.69, 9.17) is 4.74 Å². The SMILES string of the molecule is O=C(OC1CN2CCC1CC2)[C@](O)(c1cccs1)C1CCCC1. The minimum absolute atomic E-state index is 0.00488. The Morgan fingerprint density at radius 2 is 2.00 bits per heavy atom. The number of fused-ring (bicyclic) bond motifs is 3. The van der Waals surface area contributed by atoms with Crippen LogP contribution in [0.25, 0.3) is 0 Å². The predicted octanol–water partition coefficient (Wildman–Crippen LogP) is 2.76. The van der Waals surface area contributed by atoms with E-state index >= 15 is 0 Å². The third-order valence-corrected chi connectivity index (χ3v) is 7.00. The van der Waals surface area contributed by atoms with Gasteiger partial charge in [0.05, 0.1) is 0 Å². The number of rotatable bonds is 4. The molecule has 4 aliphatic rings. The molecule has 1 unspecified atom stereocenters. The molecule has 3 aliphatic heterocycles. The fraction of sp³-hybridized carbons (Fsp3) is 0.722. The van der Waals surface area contributed by atoms with E-state index < -0.39 is 11.6 Å². The maximum atomic E-state index is 13.0. The molecule has 1 N–H and O–H groups in total. The van der Waals surface area contributed by atoms with Crippen molar-refractivity contribution < 1.29 is 14.6 Å². The van der Waals surface area contributed by atoms with Crippen LogP contribution in [0.3, 0.4) is 0 Å². The van der Waals surface area contributed by atoms with Gasteiger partial charge in [-0.1, -0.05) is 18.9 Å². The summed E-state index contributed by atoms with van der Waals surface area (Å²) in [6.07, 6.45) is 6.17. The zero-order valence-electron chi connectivity index (χ0n) is 13.4. The number of nitrogens with zero attached hydrogens (tertiary/aromatic N) is 1. The van der Waals surface area contributed by atoms with E-state index in [1.807, 2.05) is 17.5 Å². The highest BCUT2D eigenvalue weighted by Crippen LogP contribution is 2.44. The predicted molar refractivity (Wildman–Crippen MR) is 89.2 cm³/mol. The first-order chi connectivity index (χ1) is 11.2. The molecule has 2 bridgehead atoms. The molecule has 3 saturated heterocycles. The van der Waals surface area contributed by atoms with E-state index in [9.17, 15) is 9.90 Å². The van der Waals surface area contributed by atoms with Crippen LogP contribution < -0.4 is 0 Å². The average Bonchev–Trinajstić information content (AvgIpc) is 3.29. The highest BCUT2D eigenvalue weighted by molar-refractivity contribution is 7.10. The van der Waals surface area contributed by atoms with Crippen LogP contribution in [0.1, 0.15) is 43.4 Å². The van der Waals surface area contributed by atoms with E-state index in [1.165, 1.54) is 11.3 Å². The van der Waals surface area contributed by atoms with Gasteiger partial charge in [-0.25, -0.2) is 4.79 Å².